The number of fused-ring (bicyclic) bond motifs is 1. The molecule has 94 valence electrons. The zero-order valence-corrected chi connectivity index (χ0v) is 11.7. The summed E-state index contributed by atoms with van der Waals surface area (Å²) in [5.74, 6) is 0. The van der Waals surface area contributed by atoms with Gasteiger partial charge in [0.2, 0.25) is 0 Å². The van der Waals surface area contributed by atoms with Gasteiger partial charge in [-0.3, -0.25) is 4.79 Å². The molecule has 2 rings (SSSR count). The summed E-state index contributed by atoms with van der Waals surface area (Å²) in [6.07, 6.45) is 1.80. The summed E-state index contributed by atoms with van der Waals surface area (Å²) in [6, 6.07) is 7.78. The van der Waals surface area contributed by atoms with E-state index in [1.54, 1.807) is 17.8 Å². The van der Waals surface area contributed by atoms with Gasteiger partial charge in [0, 0.05) is 18.6 Å². The van der Waals surface area contributed by atoms with E-state index in [1.165, 1.54) is 0 Å². The van der Waals surface area contributed by atoms with Gasteiger partial charge in [0.05, 0.1) is 0 Å². The molecule has 1 heterocycles. The molecule has 0 atom stereocenters. The van der Waals surface area contributed by atoms with Gasteiger partial charge in [-0.15, -0.1) is 0 Å². The molecule has 0 bridgehead atoms. The van der Waals surface area contributed by atoms with Crippen molar-refractivity contribution in [2.45, 2.75) is 34.6 Å². The zero-order chi connectivity index (χ0) is 13.4. The summed E-state index contributed by atoms with van der Waals surface area (Å²) in [5, 5.41) is 1.84. The number of aromatic nitrogens is 1. The molecule has 0 aliphatic heterocycles. The van der Waals surface area contributed by atoms with Crippen LogP contribution in [0.4, 0.5) is 0 Å². The lowest BCUT2D eigenvalue weighted by atomic mass is 10.1. The molecular formula is C15H23NO. The smallest absolute Gasteiger partial charge is 0.258 e. The average molecular weight is 233 g/mol. The fraction of sp³-hybridized carbons (Fsp3) is 0.400. The maximum Gasteiger partial charge on any atom is 0.258 e. The lowest BCUT2D eigenvalue weighted by Gasteiger charge is -2.02. The Hall–Kier alpha value is -1.57. The second kappa shape index (κ2) is 7.66. The van der Waals surface area contributed by atoms with E-state index in [9.17, 15) is 4.79 Å². The van der Waals surface area contributed by atoms with Gasteiger partial charge in [0.15, 0.2) is 0 Å². The first-order valence-electron chi connectivity index (χ1n) is 6.25. The van der Waals surface area contributed by atoms with Gasteiger partial charge < -0.3 is 4.57 Å². The maximum absolute atomic E-state index is 11.6. The Bertz CT molecular complexity index is 512. The second-order valence-corrected chi connectivity index (χ2v) is 3.27. The van der Waals surface area contributed by atoms with Crippen molar-refractivity contribution in [3.63, 3.8) is 0 Å². The first kappa shape index (κ1) is 15.4. The molecule has 0 aliphatic carbocycles. The highest BCUT2D eigenvalue weighted by molar-refractivity contribution is 5.84. The minimum atomic E-state index is 0.0706. The number of nitrogens with zero attached hydrogens (tertiary/aromatic N) is 1. The molecule has 0 fully saturated rings. The van der Waals surface area contributed by atoms with Crippen LogP contribution in [0.15, 0.2) is 35.3 Å². The molecule has 0 amide bonds. The van der Waals surface area contributed by atoms with Gasteiger partial charge >= 0.3 is 0 Å². The van der Waals surface area contributed by atoms with Gasteiger partial charge in [-0.1, -0.05) is 39.8 Å². The Morgan fingerprint density at radius 1 is 0.941 bits per heavy atom. The van der Waals surface area contributed by atoms with Crippen LogP contribution in [0.3, 0.4) is 0 Å². The predicted molar refractivity (Wildman–Crippen MR) is 76.6 cm³/mol. The number of hydrogen-bond acceptors (Lipinski definition) is 1. The summed E-state index contributed by atoms with van der Waals surface area (Å²) in [7, 11) is 1.77. The number of aryl methyl sites for hydroxylation is 2. The third-order valence-corrected chi connectivity index (χ3v) is 2.34. The Morgan fingerprint density at radius 2 is 1.53 bits per heavy atom. The van der Waals surface area contributed by atoms with Crippen molar-refractivity contribution in [2.75, 3.05) is 0 Å². The van der Waals surface area contributed by atoms with Gasteiger partial charge in [-0.25, -0.2) is 0 Å². The van der Waals surface area contributed by atoms with Crippen molar-refractivity contribution in [2.24, 2.45) is 7.05 Å². The third kappa shape index (κ3) is 3.45. The van der Waals surface area contributed by atoms with Crippen LogP contribution in [0, 0.1) is 6.92 Å². The zero-order valence-electron chi connectivity index (χ0n) is 11.7. The van der Waals surface area contributed by atoms with Gasteiger partial charge in [-0.05, 0) is 30.0 Å². The molecule has 2 aromatic rings. The molecule has 1 aromatic carbocycles. The predicted octanol–water partition coefficient (Wildman–Crippen LogP) is 3.90. The highest BCUT2D eigenvalue weighted by Gasteiger charge is 2.00. The SMILES string of the molecule is CC.CC.Cc1cccc2c(=O)n(C)ccc12. The summed E-state index contributed by atoms with van der Waals surface area (Å²) < 4.78 is 1.60. The topological polar surface area (TPSA) is 22.0 Å². The van der Waals surface area contributed by atoms with Crippen LogP contribution < -0.4 is 5.56 Å². The lowest BCUT2D eigenvalue weighted by Crippen LogP contribution is -2.15. The average Bonchev–Trinajstić information content (AvgIpc) is 2.39. The molecule has 0 spiro atoms. The molecule has 0 saturated heterocycles. The summed E-state index contributed by atoms with van der Waals surface area (Å²) in [4.78, 5) is 11.6. The highest BCUT2D eigenvalue weighted by atomic mass is 16.1. The number of rotatable bonds is 0. The molecule has 17 heavy (non-hydrogen) atoms. The molecule has 0 unspecified atom stereocenters. The first-order valence-corrected chi connectivity index (χ1v) is 6.25. The lowest BCUT2D eigenvalue weighted by molar-refractivity contribution is 0.873. The molecule has 1 aromatic heterocycles. The standard InChI is InChI=1S/C11H11NO.2C2H6/c1-8-4-3-5-10-9(8)6-7-12(2)11(10)13;2*1-2/h3-7H,1-2H3;2*1-2H3. The van der Waals surface area contributed by atoms with Gasteiger partial charge in [0.25, 0.3) is 5.56 Å². The fourth-order valence-electron chi connectivity index (χ4n) is 1.53. The van der Waals surface area contributed by atoms with E-state index in [2.05, 4.69) is 0 Å². The number of benzene rings is 1. The number of pyridine rings is 1. The van der Waals surface area contributed by atoms with Crippen LogP contribution in [0.1, 0.15) is 33.3 Å². The van der Waals surface area contributed by atoms with Crippen LogP contribution in [0.25, 0.3) is 10.8 Å². The summed E-state index contributed by atoms with van der Waals surface area (Å²) in [5.41, 5.74) is 1.22. The molecule has 2 nitrogen and oxygen atoms in total. The Morgan fingerprint density at radius 3 is 2.12 bits per heavy atom. The normalized spacial score (nSPS) is 8.82. The molecule has 2 heteroatoms. The monoisotopic (exact) mass is 233 g/mol. The van der Waals surface area contributed by atoms with Crippen LogP contribution in [-0.4, -0.2) is 4.57 Å². The Balaban J connectivity index is 0.000000581. The van der Waals surface area contributed by atoms with Crippen molar-refractivity contribution >= 4 is 10.8 Å². The van der Waals surface area contributed by atoms with E-state index in [1.807, 2.05) is 58.9 Å². The molecule has 0 N–H and O–H groups in total. The Labute approximate surface area is 104 Å². The van der Waals surface area contributed by atoms with E-state index in [-0.39, 0.29) is 5.56 Å². The molecular weight excluding hydrogens is 210 g/mol. The van der Waals surface area contributed by atoms with Crippen molar-refractivity contribution in [1.29, 1.82) is 0 Å². The molecule has 0 aliphatic rings. The van der Waals surface area contributed by atoms with Gasteiger partial charge in [0.1, 0.15) is 0 Å². The Kier molecular flexibility index (Phi) is 6.95. The third-order valence-electron chi connectivity index (χ3n) is 2.34. The molecule has 0 saturated carbocycles. The van der Waals surface area contributed by atoms with Crippen LogP contribution in [0.5, 0.6) is 0 Å². The maximum atomic E-state index is 11.6. The quantitative estimate of drug-likeness (QED) is 0.676. The second-order valence-electron chi connectivity index (χ2n) is 3.27. The first-order chi connectivity index (χ1) is 8.20. The van der Waals surface area contributed by atoms with Crippen molar-refractivity contribution in [1.82, 2.24) is 4.57 Å². The van der Waals surface area contributed by atoms with E-state index >= 15 is 0 Å². The van der Waals surface area contributed by atoms with Crippen LogP contribution in [-0.2, 0) is 7.05 Å². The van der Waals surface area contributed by atoms with Crippen molar-refractivity contribution < 1.29 is 0 Å². The van der Waals surface area contributed by atoms with Gasteiger partial charge in [-0.2, -0.15) is 0 Å². The minimum absolute atomic E-state index is 0.0706. The minimum Gasteiger partial charge on any atom is -0.318 e. The van der Waals surface area contributed by atoms with Crippen LogP contribution in [0.2, 0.25) is 0 Å². The van der Waals surface area contributed by atoms with E-state index in [4.69, 9.17) is 0 Å². The van der Waals surface area contributed by atoms with Crippen LogP contribution >= 0.6 is 0 Å². The summed E-state index contributed by atoms with van der Waals surface area (Å²) >= 11 is 0. The van der Waals surface area contributed by atoms with Crippen molar-refractivity contribution in [3.8, 4) is 0 Å². The van der Waals surface area contributed by atoms with Crippen molar-refractivity contribution in [3.05, 3.63) is 46.4 Å². The van der Waals surface area contributed by atoms with E-state index < -0.39 is 0 Å². The van der Waals surface area contributed by atoms with E-state index in [0.717, 1.165) is 16.3 Å². The number of hydrogen-bond donors (Lipinski definition) is 0. The fourth-order valence-corrected chi connectivity index (χ4v) is 1.53. The largest absolute Gasteiger partial charge is 0.318 e. The highest BCUT2D eigenvalue weighted by Crippen LogP contribution is 2.13. The van der Waals surface area contributed by atoms with E-state index in [0.29, 0.717) is 0 Å². The molecule has 0 radical (unpaired) electrons. The summed E-state index contributed by atoms with van der Waals surface area (Å²) in [6.45, 7) is 10.0.